The molecule has 0 bridgehead atoms. The summed E-state index contributed by atoms with van der Waals surface area (Å²) in [7, 11) is 0. The smallest absolute Gasteiger partial charge is 0.326 e. The molecule has 0 aliphatic carbocycles. The summed E-state index contributed by atoms with van der Waals surface area (Å²) in [5.74, 6) is -1.08. The Morgan fingerprint density at radius 1 is 1.06 bits per heavy atom. The van der Waals surface area contributed by atoms with Gasteiger partial charge in [-0.15, -0.1) is 0 Å². The van der Waals surface area contributed by atoms with Crippen LogP contribution < -0.4 is 0 Å². The largest absolute Gasteiger partial charge is 0.462 e. The minimum absolute atomic E-state index is 0.296. The maximum Gasteiger partial charge on any atom is 0.326 e. The molecule has 0 radical (unpaired) electrons. The second-order valence-corrected chi connectivity index (χ2v) is 8.51. The van der Waals surface area contributed by atoms with Crippen LogP contribution in [0.3, 0.4) is 0 Å². The molecule has 4 rings (SSSR count). The number of hydrogen-bond acceptors (Lipinski definition) is 5. The van der Waals surface area contributed by atoms with Crippen molar-refractivity contribution in [3.05, 3.63) is 76.8 Å². The molecule has 0 unspecified atom stereocenters. The lowest BCUT2D eigenvalue weighted by atomic mass is 10.1. The average Bonchev–Trinajstić information content (AvgIpc) is 3.21. The van der Waals surface area contributed by atoms with Crippen LogP contribution in [0.15, 0.2) is 65.7 Å². The van der Waals surface area contributed by atoms with Gasteiger partial charge in [0.15, 0.2) is 0 Å². The zero-order chi connectivity index (χ0) is 22.0. The maximum absolute atomic E-state index is 12.8. The average molecular weight is 435 g/mol. The van der Waals surface area contributed by atoms with Crippen LogP contribution >= 0.6 is 11.8 Å². The highest BCUT2D eigenvalue weighted by atomic mass is 32.2. The van der Waals surface area contributed by atoms with E-state index in [0.717, 1.165) is 33.1 Å². The Hall–Kier alpha value is -3.32. The lowest BCUT2D eigenvalue weighted by Gasteiger charge is -2.13. The van der Waals surface area contributed by atoms with Gasteiger partial charge in [0.05, 0.1) is 11.0 Å². The van der Waals surface area contributed by atoms with Gasteiger partial charge in [0.2, 0.25) is 0 Å². The van der Waals surface area contributed by atoms with Gasteiger partial charge >= 0.3 is 5.97 Å². The lowest BCUT2D eigenvalue weighted by Crippen LogP contribution is -2.35. The molecule has 3 aromatic rings. The highest BCUT2D eigenvalue weighted by Crippen LogP contribution is 2.34. The van der Waals surface area contributed by atoms with Gasteiger partial charge in [-0.2, -0.15) is 0 Å². The van der Waals surface area contributed by atoms with E-state index in [4.69, 9.17) is 4.74 Å². The van der Waals surface area contributed by atoms with Crippen molar-refractivity contribution in [2.45, 2.75) is 26.5 Å². The van der Waals surface area contributed by atoms with Crippen LogP contribution in [0.2, 0.25) is 0 Å². The van der Waals surface area contributed by atoms with E-state index in [1.54, 1.807) is 19.9 Å². The first-order valence-electron chi connectivity index (χ1n) is 9.99. The molecule has 31 heavy (non-hydrogen) atoms. The van der Waals surface area contributed by atoms with E-state index in [2.05, 4.69) is 16.7 Å². The van der Waals surface area contributed by atoms with Crippen molar-refractivity contribution in [3.8, 4) is 0 Å². The Balaban J connectivity index is 1.63. The number of amides is 2. The second kappa shape index (κ2) is 8.81. The summed E-state index contributed by atoms with van der Waals surface area (Å²) in [5.41, 5.74) is 3.05. The number of carbonyl (C=O) groups excluding carboxylic acids is 3. The van der Waals surface area contributed by atoms with Crippen molar-refractivity contribution in [1.29, 1.82) is 0 Å². The second-order valence-electron chi connectivity index (χ2n) is 7.52. The van der Waals surface area contributed by atoms with Gasteiger partial charge < -0.3 is 9.30 Å². The van der Waals surface area contributed by atoms with Crippen molar-refractivity contribution >= 4 is 45.9 Å². The topological polar surface area (TPSA) is 68.6 Å². The van der Waals surface area contributed by atoms with Gasteiger partial charge in [0, 0.05) is 29.2 Å². The number of thioether (sulfide) groups is 1. The summed E-state index contributed by atoms with van der Waals surface area (Å²) in [6, 6.07) is 18.1. The molecule has 0 atom stereocenters. The standard InChI is InChI=1S/C24H22N2O4S/c1-16(2)30-22(27)15-26-23(28)21(31-24(26)29)12-18-14-25(13-17-8-4-3-5-9-17)20-11-7-6-10-19(18)20/h3-12,14,16H,13,15H2,1-2H3/b21-12+. The third-order valence-corrected chi connectivity index (χ3v) is 5.74. The first-order chi connectivity index (χ1) is 14.9. The molecule has 1 saturated heterocycles. The van der Waals surface area contributed by atoms with Crippen molar-refractivity contribution < 1.29 is 19.1 Å². The molecule has 1 aliphatic rings. The van der Waals surface area contributed by atoms with Gasteiger partial charge in [-0.05, 0) is 43.3 Å². The van der Waals surface area contributed by atoms with E-state index in [0.29, 0.717) is 11.4 Å². The molecule has 0 saturated carbocycles. The number of rotatable bonds is 6. The van der Waals surface area contributed by atoms with Crippen LogP contribution in [0.1, 0.15) is 25.0 Å². The van der Waals surface area contributed by atoms with Gasteiger partial charge in [0.1, 0.15) is 6.54 Å². The fourth-order valence-electron chi connectivity index (χ4n) is 3.51. The highest BCUT2D eigenvalue weighted by Gasteiger charge is 2.37. The van der Waals surface area contributed by atoms with E-state index in [1.165, 1.54) is 5.56 Å². The van der Waals surface area contributed by atoms with E-state index in [9.17, 15) is 14.4 Å². The molecular formula is C24H22N2O4S. The van der Waals surface area contributed by atoms with E-state index < -0.39 is 17.1 Å². The number of fused-ring (bicyclic) bond motifs is 1. The minimum atomic E-state index is -0.599. The number of benzene rings is 2. The molecule has 158 valence electrons. The van der Waals surface area contributed by atoms with Crippen molar-refractivity contribution in [2.75, 3.05) is 6.54 Å². The zero-order valence-electron chi connectivity index (χ0n) is 17.3. The number of aromatic nitrogens is 1. The molecule has 0 spiro atoms. The molecule has 1 fully saturated rings. The SMILES string of the molecule is CC(C)OC(=O)CN1C(=O)S/C(=C/c2cn(Cc3ccccc3)c3ccccc23)C1=O. The molecule has 2 amide bonds. The first kappa shape index (κ1) is 20.9. The minimum Gasteiger partial charge on any atom is -0.462 e. The fraction of sp³-hybridized carbons (Fsp3) is 0.208. The van der Waals surface area contributed by atoms with Gasteiger partial charge in [-0.3, -0.25) is 19.3 Å². The fourth-order valence-corrected chi connectivity index (χ4v) is 4.34. The zero-order valence-corrected chi connectivity index (χ0v) is 18.1. The van der Waals surface area contributed by atoms with Crippen LogP contribution in [-0.4, -0.2) is 39.2 Å². The summed E-state index contributed by atoms with van der Waals surface area (Å²) in [5, 5.41) is 0.523. The molecule has 2 aromatic carbocycles. The van der Waals surface area contributed by atoms with Crippen LogP contribution in [0.5, 0.6) is 0 Å². The Morgan fingerprint density at radius 3 is 2.52 bits per heavy atom. The highest BCUT2D eigenvalue weighted by molar-refractivity contribution is 8.18. The quantitative estimate of drug-likeness (QED) is 0.416. The number of hydrogen-bond donors (Lipinski definition) is 0. The van der Waals surface area contributed by atoms with Crippen LogP contribution in [-0.2, 0) is 20.9 Å². The molecule has 0 N–H and O–H groups in total. The Kier molecular flexibility index (Phi) is 5.95. The first-order valence-corrected chi connectivity index (χ1v) is 10.8. The number of ether oxygens (including phenoxy) is 1. The van der Waals surface area contributed by atoms with Crippen molar-refractivity contribution in [2.24, 2.45) is 0 Å². The number of carbonyl (C=O) groups is 3. The predicted molar refractivity (Wildman–Crippen MR) is 121 cm³/mol. The summed E-state index contributed by atoms with van der Waals surface area (Å²) < 4.78 is 7.19. The molecule has 2 heterocycles. The van der Waals surface area contributed by atoms with Gasteiger partial charge in [-0.25, -0.2) is 0 Å². The van der Waals surface area contributed by atoms with E-state index in [-0.39, 0.29) is 12.6 Å². The van der Waals surface area contributed by atoms with Crippen molar-refractivity contribution in [1.82, 2.24) is 9.47 Å². The predicted octanol–water partition coefficient (Wildman–Crippen LogP) is 4.68. The van der Waals surface area contributed by atoms with E-state index in [1.807, 2.05) is 48.7 Å². The normalized spacial score (nSPS) is 15.5. The maximum atomic E-state index is 12.8. The van der Waals surface area contributed by atoms with Crippen LogP contribution in [0.4, 0.5) is 4.79 Å². The third kappa shape index (κ3) is 4.56. The lowest BCUT2D eigenvalue weighted by molar-refractivity contribution is -0.149. The Morgan fingerprint density at radius 2 is 1.77 bits per heavy atom. The number of para-hydroxylation sites is 1. The van der Waals surface area contributed by atoms with E-state index >= 15 is 0 Å². The number of imide groups is 1. The molecule has 7 heteroatoms. The van der Waals surface area contributed by atoms with Gasteiger partial charge in [0.25, 0.3) is 11.1 Å². The molecule has 1 aromatic heterocycles. The third-order valence-electron chi connectivity index (χ3n) is 4.83. The number of nitrogens with zero attached hydrogens (tertiary/aromatic N) is 2. The van der Waals surface area contributed by atoms with Crippen LogP contribution in [0.25, 0.3) is 17.0 Å². The van der Waals surface area contributed by atoms with Gasteiger partial charge in [-0.1, -0.05) is 48.5 Å². The Bertz CT molecular complexity index is 1180. The Labute approximate surface area is 184 Å². The summed E-state index contributed by atoms with van der Waals surface area (Å²) >= 11 is 0.841. The molecule has 6 nitrogen and oxygen atoms in total. The molecular weight excluding hydrogens is 412 g/mol. The summed E-state index contributed by atoms with van der Waals surface area (Å²) in [4.78, 5) is 38.3. The monoisotopic (exact) mass is 434 g/mol. The summed E-state index contributed by atoms with van der Waals surface area (Å²) in [6.07, 6.45) is 3.40. The van der Waals surface area contributed by atoms with Crippen LogP contribution in [0, 0.1) is 0 Å². The molecule has 1 aliphatic heterocycles. The van der Waals surface area contributed by atoms with Crippen molar-refractivity contribution in [3.63, 3.8) is 0 Å². The number of esters is 1. The summed E-state index contributed by atoms with van der Waals surface area (Å²) in [6.45, 7) is 3.75.